The van der Waals surface area contributed by atoms with E-state index in [0.29, 0.717) is 10.7 Å². The van der Waals surface area contributed by atoms with Crippen LogP contribution in [-0.4, -0.2) is 28.9 Å². The zero-order chi connectivity index (χ0) is 17.4. The summed E-state index contributed by atoms with van der Waals surface area (Å²) in [6, 6.07) is 11.4. The lowest BCUT2D eigenvalue weighted by Gasteiger charge is -2.38. The smallest absolute Gasteiger partial charge is 0.235 e. The molecule has 0 saturated carbocycles. The van der Waals surface area contributed by atoms with Crippen LogP contribution in [0.15, 0.2) is 36.5 Å². The van der Waals surface area contributed by atoms with E-state index in [9.17, 15) is 4.79 Å². The van der Waals surface area contributed by atoms with Crippen LogP contribution in [0.3, 0.4) is 0 Å². The fraction of sp³-hybridized carbons (Fsp3) is 0.316. The highest BCUT2D eigenvalue weighted by Gasteiger charge is 2.48. The average molecular weight is 353 g/mol. The highest BCUT2D eigenvalue weighted by atomic mass is 35.5. The number of hydrogen-bond acceptors (Lipinski definition) is 4. The second-order valence-corrected chi connectivity index (χ2v) is 7.10. The predicted octanol–water partition coefficient (Wildman–Crippen LogP) is 3.09. The SMILES string of the molecule is N#Cc1cc(CN2CCC3(CC2)C(=O)Nc2ccc(Cl)cc23)ccn1. The van der Waals surface area contributed by atoms with Gasteiger partial charge in [-0.1, -0.05) is 11.6 Å². The van der Waals surface area contributed by atoms with E-state index < -0.39 is 5.41 Å². The van der Waals surface area contributed by atoms with Gasteiger partial charge in [-0.15, -0.1) is 0 Å². The molecule has 1 saturated heterocycles. The van der Waals surface area contributed by atoms with E-state index in [4.69, 9.17) is 16.9 Å². The number of nitriles is 1. The van der Waals surface area contributed by atoms with Crippen molar-refractivity contribution in [3.8, 4) is 6.07 Å². The number of carbonyl (C=O) groups is 1. The van der Waals surface area contributed by atoms with E-state index in [2.05, 4.69) is 21.3 Å². The first-order chi connectivity index (χ1) is 12.1. The van der Waals surface area contributed by atoms with Gasteiger partial charge in [-0.2, -0.15) is 5.26 Å². The Labute approximate surface area is 151 Å². The fourth-order valence-electron chi connectivity index (χ4n) is 3.87. The Bertz CT molecular complexity index is 881. The minimum atomic E-state index is -0.465. The second kappa shape index (κ2) is 6.14. The van der Waals surface area contributed by atoms with Gasteiger partial charge in [0, 0.05) is 23.5 Å². The molecule has 1 amide bonds. The predicted molar refractivity (Wildman–Crippen MR) is 95.2 cm³/mol. The molecule has 25 heavy (non-hydrogen) atoms. The molecule has 126 valence electrons. The number of benzene rings is 1. The second-order valence-electron chi connectivity index (χ2n) is 6.66. The number of hydrogen-bond donors (Lipinski definition) is 1. The van der Waals surface area contributed by atoms with Crippen molar-refractivity contribution in [2.75, 3.05) is 18.4 Å². The largest absolute Gasteiger partial charge is 0.325 e. The first-order valence-electron chi connectivity index (χ1n) is 8.30. The molecular formula is C19H17ClN4O. The summed E-state index contributed by atoms with van der Waals surface area (Å²) < 4.78 is 0. The Balaban J connectivity index is 1.51. The van der Waals surface area contributed by atoms with Crippen LogP contribution in [-0.2, 0) is 16.8 Å². The maximum atomic E-state index is 12.7. The normalized spacial score (nSPS) is 18.6. The lowest BCUT2D eigenvalue weighted by molar-refractivity contribution is -0.122. The average Bonchev–Trinajstić information content (AvgIpc) is 2.89. The van der Waals surface area contributed by atoms with Crippen molar-refractivity contribution in [2.45, 2.75) is 24.8 Å². The van der Waals surface area contributed by atoms with Gasteiger partial charge in [-0.25, -0.2) is 4.98 Å². The van der Waals surface area contributed by atoms with Gasteiger partial charge in [0.05, 0.1) is 5.41 Å². The number of anilines is 1. The Hall–Kier alpha value is -2.42. The fourth-order valence-corrected chi connectivity index (χ4v) is 4.04. The van der Waals surface area contributed by atoms with Crippen LogP contribution >= 0.6 is 11.6 Å². The molecule has 1 spiro atoms. The number of piperidine rings is 1. The summed E-state index contributed by atoms with van der Waals surface area (Å²) in [6.07, 6.45) is 3.20. The van der Waals surface area contributed by atoms with Crippen molar-refractivity contribution >= 4 is 23.2 Å². The third kappa shape index (κ3) is 2.78. The zero-order valence-electron chi connectivity index (χ0n) is 13.6. The van der Waals surface area contributed by atoms with Crippen LogP contribution in [0, 0.1) is 11.3 Å². The Morgan fingerprint density at radius 1 is 1.28 bits per heavy atom. The van der Waals surface area contributed by atoms with Gasteiger partial charge in [0.15, 0.2) is 0 Å². The van der Waals surface area contributed by atoms with Crippen LogP contribution in [0.4, 0.5) is 5.69 Å². The van der Waals surface area contributed by atoms with E-state index in [1.165, 1.54) is 0 Å². The molecule has 2 aromatic rings. The molecule has 1 fully saturated rings. The van der Waals surface area contributed by atoms with E-state index in [1.807, 2.05) is 30.3 Å². The van der Waals surface area contributed by atoms with Crippen LogP contribution in [0.5, 0.6) is 0 Å². The van der Waals surface area contributed by atoms with E-state index in [-0.39, 0.29) is 5.91 Å². The number of halogens is 1. The Morgan fingerprint density at radius 2 is 2.08 bits per heavy atom. The molecule has 0 unspecified atom stereocenters. The molecular weight excluding hydrogens is 336 g/mol. The molecule has 0 bridgehead atoms. The van der Waals surface area contributed by atoms with Crippen molar-refractivity contribution in [1.29, 1.82) is 5.26 Å². The van der Waals surface area contributed by atoms with Gasteiger partial charge >= 0.3 is 0 Å². The molecule has 4 rings (SSSR count). The Kier molecular flexibility index (Phi) is 3.95. The monoisotopic (exact) mass is 352 g/mol. The number of pyridine rings is 1. The standard InChI is InChI=1S/C19H17ClN4O/c20-14-1-2-17-16(10-14)19(18(25)23-17)4-7-24(8-5-19)12-13-3-6-22-15(9-13)11-21/h1-3,6,9-10H,4-5,7-8,12H2,(H,23,25). The van der Waals surface area contributed by atoms with Crippen molar-refractivity contribution in [1.82, 2.24) is 9.88 Å². The lowest BCUT2D eigenvalue weighted by Crippen LogP contribution is -2.46. The molecule has 0 atom stereocenters. The summed E-state index contributed by atoms with van der Waals surface area (Å²) in [5.41, 5.74) is 2.95. The quantitative estimate of drug-likeness (QED) is 0.901. The summed E-state index contributed by atoms with van der Waals surface area (Å²) in [5.74, 6) is 0.0834. The van der Waals surface area contributed by atoms with Gasteiger partial charge in [-0.3, -0.25) is 9.69 Å². The number of rotatable bonds is 2. The van der Waals surface area contributed by atoms with E-state index >= 15 is 0 Å². The molecule has 0 radical (unpaired) electrons. The van der Waals surface area contributed by atoms with E-state index in [0.717, 1.165) is 49.3 Å². The third-order valence-corrected chi connectivity index (χ3v) is 5.47. The number of carbonyl (C=O) groups excluding carboxylic acids is 1. The van der Waals surface area contributed by atoms with Crippen LogP contribution < -0.4 is 5.32 Å². The van der Waals surface area contributed by atoms with Gasteiger partial charge < -0.3 is 5.32 Å². The molecule has 3 heterocycles. The maximum absolute atomic E-state index is 12.7. The molecule has 1 N–H and O–H groups in total. The molecule has 5 nitrogen and oxygen atoms in total. The molecule has 6 heteroatoms. The number of aromatic nitrogens is 1. The number of fused-ring (bicyclic) bond motifs is 2. The highest BCUT2D eigenvalue weighted by molar-refractivity contribution is 6.31. The third-order valence-electron chi connectivity index (χ3n) is 5.23. The van der Waals surface area contributed by atoms with Crippen LogP contribution in [0.1, 0.15) is 29.7 Å². The van der Waals surface area contributed by atoms with Crippen molar-refractivity contribution < 1.29 is 4.79 Å². The number of likely N-dealkylation sites (tertiary alicyclic amines) is 1. The minimum Gasteiger partial charge on any atom is -0.325 e. The van der Waals surface area contributed by atoms with E-state index in [1.54, 1.807) is 6.20 Å². The number of nitrogens with zero attached hydrogens (tertiary/aromatic N) is 3. The van der Waals surface area contributed by atoms with Crippen LogP contribution in [0.2, 0.25) is 5.02 Å². The van der Waals surface area contributed by atoms with Crippen molar-refractivity contribution in [2.24, 2.45) is 0 Å². The van der Waals surface area contributed by atoms with Crippen molar-refractivity contribution in [3.05, 3.63) is 58.4 Å². The van der Waals surface area contributed by atoms with Gasteiger partial charge in [-0.05, 0) is 67.4 Å². The van der Waals surface area contributed by atoms with Gasteiger partial charge in [0.1, 0.15) is 11.8 Å². The molecule has 2 aliphatic heterocycles. The highest BCUT2D eigenvalue weighted by Crippen LogP contribution is 2.45. The summed E-state index contributed by atoms with van der Waals surface area (Å²) >= 11 is 6.16. The first-order valence-corrected chi connectivity index (χ1v) is 8.67. The van der Waals surface area contributed by atoms with Gasteiger partial charge in [0.2, 0.25) is 5.91 Å². The molecule has 1 aromatic carbocycles. The summed E-state index contributed by atoms with van der Waals surface area (Å²) in [5, 5.41) is 12.6. The number of amides is 1. The topological polar surface area (TPSA) is 69.0 Å². The molecule has 1 aromatic heterocycles. The first kappa shape index (κ1) is 16.1. The Morgan fingerprint density at radius 3 is 2.84 bits per heavy atom. The molecule has 2 aliphatic rings. The summed E-state index contributed by atoms with van der Waals surface area (Å²) in [7, 11) is 0. The minimum absolute atomic E-state index is 0.0834. The summed E-state index contributed by atoms with van der Waals surface area (Å²) in [6.45, 7) is 2.41. The zero-order valence-corrected chi connectivity index (χ0v) is 14.4. The maximum Gasteiger partial charge on any atom is 0.235 e. The van der Waals surface area contributed by atoms with Gasteiger partial charge in [0.25, 0.3) is 0 Å². The lowest BCUT2D eigenvalue weighted by atomic mass is 9.73. The molecule has 0 aliphatic carbocycles. The summed E-state index contributed by atoms with van der Waals surface area (Å²) in [4.78, 5) is 19.0. The number of nitrogens with one attached hydrogen (secondary N) is 1. The van der Waals surface area contributed by atoms with Crippen molar-refractivity contribution in [3.63, 3.8) is 0 Å². The van der Waals surface area contributed by atoms with Crippen LogP contribution in [0.25, 0.3) is 0 Å².